The van der Waals surface area contributed by atoms with Crippen LogP contribution in [0.5, 0.6) is 0 Å². The molecule has 0 unspecified atom stereocenters. The zero-order valence-corrected chi connectivity index (χ0v) is 13.3. The molecule has 3 nitrogen and oxygen atoms in total. The molecular formula is C15H27NO2S. The van der Waals surface area contributed by atoms with Gasteiger partial charge in [-0.2, -0.15) is 11.8 Å². The number of nitrogens with one attached hydrogen (secondary N) is 1. The summed E-state index contributed by atoms with van der Waals surface area (Å²) in [6.07, 6.45) is 11.6. The maximum absolute atomic E-state index is 11.4. The van der Waals surface area contributed by atoms with Gasteiger partial charge in [-0.25, -0.2) is 4.79 Å². The first-order chi connectivity index (χ1) is 9.17. The van der Waals surface area contributed by atoms with Crippen LogP contribution in [0.25, 0.3) is 0 Å². The zero-order valence-electron chi connectivity index (χ0n) is 12.5. The van der Waals surface area contributed by atoms with Gasteiger partial charge in [0.05, 0.1) is 7.11 Å². The third kappa shape index (κ3) is 5.19. The summed E-state index contributed by atoms with van der Waals surface area (Å²) in [7, 11) is 1.43. The molecule has 0 saturated heterocycles. The molecule has 1 N–H and O–H groups in total. The van der Waals surface area contributed by atoms with Crippen LogP contribution in [0.3, 0.4) is 0 Å². The molecule has 0 heterocycles. The van der Waals surface area contributed by atoms with E-state index < -0.39 is 0 Å². The molecule has 0 radical (unpaired) electrons. The smallest absolute Gasteiger partial charge is 0.333 e. The SMILES string of the molecule is CCC(=CCNCC1(SC)CCCCC1)C(=O)OC. The Hall–Kier alpha value is -0.480. The van der Waals surface area contributed by atoms with Crippen molar-refractivity contribution in [3.8, 4) is 0 Å². The Labute approximate surface area is 121 Å². The molecule has 1 fully saturated rings. The predicted octanol–water partition coefficient (Wildman–Crippen LogP) is 3.15. The fourth-order valence-corrected chi connectivity index (χ4v) is 3.59. The summed E-state index contributed by atoms with van der Waals surface area (Å²) >= 11 is 1.99. The normalized spacial score (nSPS) is 19.2. The van der Waals surface area contributed by atoms with Gasteiger partial charge in [0.15, 0.2) is 0 Å². The van der Waals surface area contributed by atoms with Gasteiger partial charge in [-0.15, -0.1) is 0 Å². The molecule has 110 valence electrons. The van der Waals surface area contributed by atoms with Crippen molar-refractivity contribution in [2.75, 3.05) is 26.5 Å². The van der Waals surface area contributed by atoms with E-state index in [4.69, 9.17) is 4.74 Å². The molecule has 0 aromatic heterocycles. The van der Waals surface area contributed by atoms with Crippen molar-refractivity contribution < 1.29 is 9.53 Å². The summed E-state index contributed by atoms with van der Waals surface area (Å²) in [5.41, 5.74) is 0.761. The molecule has 1 rings (SSSR count). The maximum Gasteiger partial charge on any atom is 0.333 e. The Morgan fingerprint density at radius 2 is 2.05 bits per heavy atom. The van der Waals surface area contributed by atoms with Gasteiger partial charge in [-0.05, 0) is 25.5 Å². The van der Waals surface area contributed by atoms with Gasteiger partial charge < -0.3 is 10.1 Å². The van der Waals surface area contributed by atoms with Crippen LogP contribution in [0, 0.1) is 0 Å². The van der Waals surface area contributed by atoms with E-state index in [0.717, 1.165) is 25.1 Å². The number of carbonyl (C=O) groups excluding carboxylic acids is 1. The standard InChI is InChI=1S/C15H27NO2S/c1-4-13(14(17)18-2)8-11-16-12-15(19-3)9-6-5-7-10-15/h8,16H,4-7,9-12H2,1-3H3. The molecule has 1 aliphatic rings. The van der Waals surface area contributed by atoms with Crippen LogP contribution in [0.1, 0.15) is 45.4 Å². The number of ether oxygens (including phenoxy) is 1. The van der Waals surface area contributed by atoms with Crippen LogP contribution in [-0.2, 0) is 9.53 Å². The Morgan fingerprint density at radius 3 is 2.58 bits per heavy atom. The number of hydrogen-bond acceptors (Lipinski definition) is 4. The maximum atomic E-state index is 11.4. The molecule has 0 bridgehead atoms. The summed E-state index contributed by atoms with van der Waals surface area (Å²) in [6.45, 7) is 3.76. The van der Waals surface area contributed by atoms with Gasteiger partial charge in [0.25, 0.3) is 0 Å². The third-order valence-electron chi connectivity index (χ3n) is 3.97. The first-order valence-electron chi connectivity index (χ1n) is 7.20. The largest absolute Gasteiger partial charge is 0.466 e. The summed E-state index contributed by atoms with van der Waals surface area (Å²) in [5, 5.41) is 3.49. The molecule has 1 saturated carbocycles. The van der Waals surface area contributed by atoms with E-state index in [0.29, 0.717) is 4.75 Å². The van der Waals surface area contributed by atoms with Gasteiger partial charge in [-0.3, -0.25) is 0 Å². The van der Waals surface area contributed by atoms with E-state index in [1.165, 1.54) is 39.2 Å². The molecule has 0 spiro atoms. The third-order valence-corrected chi connectivity index (χ3v) is 5.38. The molecule has 19 heavy (non-hydrogen) atoms. The molecule has 0 aromatic carbocycles. The van der Waals surface area contributed by atoms with E-state index in [1.54, 1.807) is 0 Å². The minimum Gasteiger partial charge on any atom is -0.466 e. The van der Waals surface area contributed by atoms with E-state index in [-0.39, 0.29) is 5.97 Å². The zero-order chi connectivity index (χ0) is 14.1. The topological polar surface area (TPSA) is 38.3 Å². The quantitative estimate of drug-likeness (QED) is 0.443. The highest BCUT2D eigenvalue weighted by molar-refractivity contribution is 8.00. The van der Waals surface area contributed by atoms with Gasteiger partial charge in [0.2, 0.25) is 0 Å². The molecule has 1 aliphatic carbocycles. The first-order valence-corrected chi connectivity index (χ1v) is 8.43. The van der Waals surface area contributed by atoms with Crippen molar-refractivity contribution in [3.05, 3.63) is 11.6 Å². The van der Waals surface area contributed by atoms with E-state index >= 15 is 0 Å². The van der Waals surface area contributed by atoms with Crippen molar-refractivity contribution in [1.82, 2.24) is 5.32 Å². The monoisotopic (exact) mass is 285 g/mol. The number of methoxy groups -OCH3 is 1. The summed E-state index contributed by atoms with van der Waals surface area (Å²) in [6, 6.07) is 0. The lowest BCUT2D eigenvalue weighted by molar-refractivity contribution is -0.136. The lowest BCUT2D eigenvalue weighted by Crippen LogP contribution is -2.39. The van der Waals surface area contributed by atoms with Crippen LogP contribution in [0.4, 0.5) is 0 Å². The second-order valence-electron chi connectivity index (χ2n) is 5.15. The average Bonchev–Trinajstić information content (AvgIpc) is 2.47. The van der Waals surface area contributed by atoms with Crippen molar-refractivity contribution in [1.29, 1.82) is 0 Å². The molecule has 0 aromatic rings. The number of rotatable bonds is 7. The molecule has 0 aliphatic heterocycles. The van der Waals surface area contributed by atoms with Gasteiger partial charge in [0, 0.05) is 23.4 Å². The average molecular weight is 285 g/mol. The van der Waals surface area contributed by atoms with Crippen LogP contribution < -0.4 is 5.32 Å². The highest BCUT2D eigenvalue weighted by Crippen LogP contribution is 2.37. The van der Waals surface area contributed by atoms with Gasteiger partial charge >= 0.3 is 5.97 Å². The lowest BCUT2D eigenvalue weighted by Gasteiger charge is -2.36. The fourth-order valence-electron chi connectivity index (χ4n) is 2.65. The van der Waals surface area contributed by atoms with Crippen LogP contribution >= 0.6 is 11.8 Å². The molecule has 4 heteroatoms. The van der Waals surface area contributed by atoms with Gasteiger partial charge in [-0.1, -0.05) is 32.3 Å². The Kier molecular flexibility index (Phi) is 7.54. The van der Waals surface area contributed by atoms with Crippen molar-refractivity contribution in [3.63, 3.8) is 0 Å². The second-order valence-corrected chi connectivity index (χ2v) is 6.43. The number of carbonyl (C=O) groups is 1. The number of thioether (sulfide) groups is 1. The van der Waals surface area contributed by atoms with E-state index in [1.807, 2.05) is 24.8 Å². The van der Waals surface area contributed by atoms with Gasteiger partial charge in [0.1, 0.15) is 0 Å². The van der Waals surface area contributed by atoms with Crippen molar-refractivity contribution in [2.24, 2.45) is 0 Å². The van der Waals surface area contributed by atoms with Crippen molar-refractivity contribution >= 4 is 17.7 Å². The number of esters is 1. The highest BCUT2D eigenvalue weighted by Gasteiger charge is 2.30. The fraction of sp³-hybridized carbons (Fsp3) is 0.800. The summed E-state index contributed by atoms with van der Waals surface area (Å²) in [5.74, 6) is -0.207. The Morgan fingerprint density at radius 1 is 1.37 bits per heavy atom. The highest BCUT2D eigenvalue weighted by atomic mass is 32.2. The van der Waals surface area contributed by atoms with E-state index in [9.17, 15) is 4.79 Å². The Bertz CT molecular complexity index is 309. The molecule has 0 atom stereocenters. The van der Waals surface area contributed by atoms with Crippen molar-refractivity contribution in [2.45, 2.75) is 50.2 Å². The first kappa shape index (κ1) is 16.6. The minimum atomic E-state index is -0.207. The number of hydrogen-bond donors (Lipinski definition) is 1. The molecule has 0 amide bonds. The Balaban J connectivity index is 2.39. The predicted molar refractivity (Wildman–Crippen MR) is 82.6 cm³/mol. The summed E-state index contributed by atoms with van der Waals surface area (Å²) < 4.78 is 5.16. The van der Waals surface area contributed by atoms with Crippen LogP contribution in [0.2, 0.25) is 0 Å². The van der Waals surface area contributed by atoms with Crippen LogP contribution in [0.15, 0.2) is 11.6 Å². The second kappa shape index (κ2) is 8.64. The minimum absolute atomic E-state index is 0.207. The van der Waals surface area contributed by atoms with E-state index in [2.05, 4.69) is 11.6 Å². The molecular weight excluding hydrogens is 258 g/mol. The lowest BCUT2D eigenvalue weighted by atomic mass is 9.88. The summed E-state index contributed by atoms with van der Waals surface area (Å²) in [4.78, 5) is 11.4. The van der Waals surface area contributed by atoms with Crippen LogP contribution in [-0.4, -0.2) is 37.2 Å².